The molecule has 0 unspecified atom stereocenters. The van der Waals surface area contributed by atoms with Crippen LogP contribution in [0.1, 0.15) is 29.2 Å². The number of ether oxygens (including phenoxy) is 2. The summed E-state index contributed by atoms with van der Waals surface area (Å²) in [5.41, 5.74) is 3.27. The molecule has 0 aliphatic carbocycles. The maximum absolute atomic E-state index is 13.6. The van der Waals surface area contributed by atoms with E-state index in [0.29, 0.717) is 29.2 Å². The van der Waals surface area contributed by atoms with Crippen LogP contribution in [0.2, 0.25) is 0 Å². The summed E-state index contributed by atoms with van der Waals surface area (Å²) in [4.78, 5) is 0.197. The van der Waals surface area contributed by atoms with E-state index in [1.807, 2.05) is 49.4 Å². The van der Waals surface area contributed by atoms with E-state index < -0.39 is 16.1 Å². The summed E-state index contributed by atoms with van der Waals surface area (Å²) in [6.45, 7) is 1.92. The maximum Gasteiger partial charge on any atom is 0.279 e. The second kappa shape index (κ2) is 8.43. The van der Waals surface area contributed by atoms with Crippen LogP contribution in [0.5, 0.6) is 11.5 Å². The second-order valence-corrected chi connectivity index (χ2v) is 9.10. The van der Waals surface area contributed by atoms with Crippen molar-refractivity contribution < 1.29 is 17.9 Å². The van der Waals surface area contributed by atoms with E-state index in [-0.39, 0.29) is 4.90 Å². The number of nitrogens with zero attached hydrogens (tertiary/aromatic N) is 2. The molecule has 3 aromatic rings. The SMILES string of the molecule is COc1cccc([C@H]2CC(c3ccccc3)=NN2S(=O)(=O)c2ccc(C)cc2)c1OC. The van der Waals surface area contributed by atoms with E-state index in [1.54, 1.807) is 44.6 Å². The third-order valence-electron chi connectivity index (χ3n) is 5.34. The molecular weight excluding hydrogens is 412 g/mol. The van der Waals surface area contributed by atoms with Crippen molar-refractivity contribution in [2.45, 2.75) is 24.3 Å². The van der Waals surface area contributed by atoms with Crippen LogP contribution >= 0.6 is 0 Å². The zero-order chi connectivity index (χ0) is 22.0. The molecule has 0 amide bonds. The van der Waals surface area contributed by atoms with Gasteiger partial charge < -0.3 is 9.47 Å². The zero-order valence-electron chi connectivity index (χ0n) is 17.6. The summed E-state index contributed by atoms with van der Waals surface area (Å²) in [5, 5.41) is 4.58. The first kappa shape index (κ1) is 20.9. The van der Waals surface area contributed by atoms with Crippen molar-refractivity contribution in [3.8, 4) is 11.5 Å². The van der Waals surface area contributed by atoms with E-state index >= 15 is 0 Å². The Morgan fingerprint density at radius 3 is 2.26 bits per heavy atom. The fraction of sp³-hybridized carbons (Fsp3) is 0.208. The first-order chi connectivity index (χ1) is 15.0. The van der Waals surface area contributed by atoms with Crippen LogP contribution in [0.4, 0.5) is 0 Å². The maximum atomic E-state index is 13.6. The van der Waals surface area contributed by atoms with Crippen LogP contribution in [0.25, 0.3) is 0 Å². The summed E-state index contributed by atoms with van der Waals surface area (Å²) < 4.78 is 39.5. The van der Waals surface area contributed by atoms with Gasteiger partial charge in [-0.05, 0) is 30.7 Å². The molecule has 1 aliphatic heterocycles. The van der Waals surface area contributed by atoms with Crippen LogP contribution in [0.3, 0.4) is 0 Å². The molecule has 0 fully saturated rings. The topological polar surface area (TPSA) is 68.2 Å². The first-order valence-electron chi connectivity index (χ1n) is 9.90. The molecule has 4 rings (SSSR count). The van der Waals surface area contributed by atoms with Gasteiger partial charge in [-0.25, -0.2) is 0 Å². The molecule has 160 valence electrons. The standard InChI is InChI=1S/C24H24N2O4S/c1-17-12-14-19(15-13-17)31(27,28)26-22(16-21(25-26)18-8-5-4-6-9-18)20-10-7-11-23(29-2)24(20)30-3/h4-15,22H,16H2,1-3H3/t22-/m1/s1. The van der Waals surface area contributed by atoms with E-state index in [4.69, 9.17) is 9.47 Å². The van der Waals surface area contributed by atoms with Gasteiger partial charge in [0.1, 0.15) is 0 Å². The van der Waals surface area contributed by atoms with Gasteiger partial charge in [0.2, 0.25) is 0 Å². The molecule has 7 heteroatoms. The van der Waals surface area contributed by atoms with Crippen LogP contribution in [-0.4, -0.2) is 32.8 Å². The summed E-state index contributed by atoms with van der Waals surface area (Å²) >= 11 is 0. The average Bonchev–Trinajstić information content (AvgIpc) is 3.25. The third-order valence-corrected chi connectivity index (χ3v) is 7.03. The lowest BCUT2D eigenvalue weighted by Gasteiger charge is -2.25. The third kappa shape index (κ3) is 3.88. The smallest absolute Gasteiger partial charge is 0.279 e. The monoisotopic (exact) mass is 436 g/mol. The molecule has 1 heterocycles. The van der Waals surface area contributed by atoms with Crippen LogP contribution in [0.15, 0.2) is 82.8 Å². The summed E-state index contributed by atoms with van der Waals surface area (Å²) in [6.07, 6.45) is 0.415. The van der Waals surface area contributed by atoms with Gasteiger partial charge in [0.15, 0.2) is 11.5 Å². The number of para-hydroxylation sites is 1. The van der Waals surface area contributed by atoms with E-state index in [9.17, 15) is 8.42 Å². The number of hydrogen-bond acceptors (Lipinski definition) is 5. The van der Waals surface area contributed by atoms with Crippen molar-refractivity contribution in [3.63, 3.8) is 0 Å². The van der Waals surface area contributed by atoms with Gasteiger partial charge in [-0.2, -0.15) is 17.9 Å². The Morgan fingerprint density at radius 2 is 1.61 bits per heavy atom. The molecule has 0 aromatic heterocycles. The molecule has 0 radical (unpaired) electrons. The fourth-order valence-electron chi connectivity index (χ4n) is 3.74. The zero-order valence-corrected chi connectivity index (χ0v) is 18.5. The number of sulfonamides is 1. The minimum absolute atomic E-state index is 0.197. The number of rotatable bonds is 6. The molecule has 6 nitrogen and oxygen atoms in total. The van der Waals surface area contributed by atoms with Gasteiger partial charge in [-0.3, -0.25) is 0 Å². The van der Waals surface area contributed by atoms with Crippen molar-refractivity contribution in [3.05, 3.63) is 89.5 Å². The van der Waals surface area contributed by atoms with Gasteiger partial charge >= 0.3 is 0 Å². The predicted octanol–water partition coefficient (Wildman–Crippen LogP) is 4.55. The average molecular weight is 437 g/mol. The molecular formula is C24H24N2O4S. The van der Waals surface area contributed by atoms with Crippen molar-refractivity contribution in [1.82, 2.24) is 4.41 Å². The lowest BCUT2D eigenvalue weighted by molar-refractivity contribution is 0.328. The quantitative estimate of drug-likeness (QED) is 0.568. The molecule has 0 bridgehead atoms. The molecule has 1 atom stereocenters. The fourth-order valence-corrected chi connectivity index (χ4v) is 5.16. The second-order valence-electron chi connectivity index (χ2n) is 7.31. The minimum Gasteiger partial charge on any atom is -0.493 e. The molecule has 0 saturated carbocycles. The number of benzene rings is 3. The molecule has 1 aliphatic rings. The van der Waals surface area contributed by atoms with E-state index in [2.05, 4.69) is 5.10 Å². The predicted molar refractivity (Wildman–Crippen MR) is 120 cm³/mol. The highest BCUT2D eigenvalue weighted by Crippen LogP contribution is 2.43. The van der Waals surface area contributed by atoms with Gasteiger partial charge in [-0.1, -0.05) is 60.2 Å². The molecule has 31 heavy (non-hydrogen) atoms. The van der Waals surface area contributed by atoms with Crippen LogP contribution < -0.4 is 9.47 Å². The normalized spacial score (nSPS) is 16.2. The number of methoxy groups -OCH3 is 2. The highest BCUT2D eigenvalue weighted by molar-refractivity contribution is 7.89. The van der Waals surface area contributed by atoms with Gasteiger partial charge in [0, 0.05) is 12.0 Å². The highest BCUT2D eigenvalue weighted by atomic mass is 32.2. The summed E-state index contributed by atoms with van der Waals surface area (Å²) in [7, 11) is -0.781. The Kier molecular flexibility index (Phi) is 5.69. The highest BCUT2D eigenvalue weighted by Gasteiger charge is 2.39. The summed E-state index contributed by atoms with van der Waals surface area (Å²) in [5.74, 6) is 1.05. The Bertz CT molecular complexity index is 1210. The molecule has 0 saturated heterocycles. The van der Waals surface area contributed by atoms with Crippen molar-refractivity contribution in [1.29, 1.82) is 0 Å². The van der Waals surface area contributed by atoms with Crippen molar-refractivity contribution in [2.75, 3.05) is 14.2 Å². The molecule has 3 aromatic carbocycles. The lowest BCUT2D eigenvalue weighted by Crippen LogP contribution is -2.27. The summed E-state index contributed by atoms with van der Waals surface area (Å²) in [6, 6.07) is 21.3. The van der Waals surface area contributed by atoms with Gasteiger partial charge in [-0.15, -0.1) is 0 Å². The largest absolute Gasteiger partial charge is 0.493 e. The Balaban J connectivity index is 1.86. The Labute approximate surface area is 182 Å². The van der Waals surface area contributed by atoms with Crippen molar-refractivity contribution >= 4 is 15.7 Å². The minimum atomic E-state index is -3.89. The lowest BCUT2D eigenvalue weighted by atomic mass is 9.98. The van der Waals surface area contributed by atoms with E-state index in [1.165, 1.54) is 4.41 Å². The Morgan fingerprint density at radius 1 is 0.903 bits per heavy atom. The number of aryl methyl sites for hydroxylation is 1. The first-order valence-corrected chi connectivity index (χ1v) is 11.3. The van der Waals surface area contributed by atoms with E-state index in [0.717, 1.165) is 11.1 Å². The van der Waals surface area contributed by atoms with Gasteiger partial charge in [0.25, 0.3) is 10.0 Å². The molecule has 0 spiro atoms. The number of hydrogen-bond donors (Lipinski definition) is 0. The van der Waals surface area contributed by atoms with Crippen LogP contribution in [-0.2, 0) is 10.0 Å². The van der Waals surface area contributed by atoms with Gasteiger partial charge in [0.05, 0.1) is 30.9 Å². The van der Waals surface area contributed by atoms with Crippen molar-refractivity contribution in [2.24, 2.45) is 5.10 Å². The van der Waals surface area contributed by atoms with Crippen LogP contribution in [0, 0.1) is 6.92 Å². The molecule has 0 N–H and O–H groups in total. The Hall–Kier alpha value is -3.32. The number of hydrazone groups is 1.